The van der Waals surface area contributed by atoms with Crippen molar-refractivity contribution in [2.24, 2.45) is 17.3 Å². The molecule has 2 aliphatic carbocycles. The number of aliphatic hydroxyl groups is 1. The maximum atomic E-state index is 9.48. The Kier molecular flexibility index (Phi) is 7.34. The zero-order valence-electron chi connectivity index (χ0n) is 19.7. The Labute approximate surface area is 196 Å². The Morgan fingerprint density at radius 1 is 1.15 bits per heavy atom. The summed E-state index contributed by atoms with van der Waals surface area (Å²) in [6, 6.07) is 10.5. The van der Waals surface area contributed by atoms with E-state index in [0.717, 1.165) is 38.0 Å². The molecule has 33 heavy (non-hydrogen) atoms. The Hall–Kier alpha value is -2.85. The second kappa shape index (κ2) is 10.4. The van der Waals surface area contributed by atoms with Crippen molar-refractivity contribution >= 4 is 11.8 Å². The van der Waals surface area contributed by atoms with Gasteiger partial charge >= 0.3 is 0 Å². The summed E-state index contributed by atoms with van der Waals surface area (Å²) in [5.74, 6) is 2.80. The predicted octanol–water partition coefficient (Wildman–Crippen LogP) is 4.39. The second-order valence-electron chi connectivity index (χ2n) is 9.93. The van der Waals surface area contributed by atoms with Crippen molar-refractivity contribution in [3.05, 3.63) is 41.6 Å². The van der Waals surface area contributed by atoms with Gasteiger partial charge in [-0.3, -0.25) is 0 Å². The van der Waals surface area contributed by atoms with Crippen LogP contribution in [0.15, 0.2) is 30.5 Å². The van der Waals surface area contributed by atoms with Crippen LogP contribution in [0.3, 0.4) is 0 Å². The van der Waals surface area contributed by atoms with Crippen molar-refractivity contribution in [3.8, 4) is 11.8 Å². The monoisotopic (exact) mass is 449 g/mol. The summed E-state index contributed by atoms with van der Waals surface area (Å²) in [5.41, 5.74) is 1.74. The van der Waals surface area contributed by atoms with E-state index in [-0.39, 0.29) is 12.0 Å². The van der Waals surface area contributed by atoms with Gasteiger partial charge in [-0.1, -0.05) is 26.0 Å². The third kappa shape index (κ3) is 5.56. The molecule has 1 aromatic heterocycles. The second-order valence-corrected chi connectivity index (χ2v) is 9.93. The SMILES string of the molecule is CC1(C)[C@H](CNc2nc(NCCc3ccc(OC4CCCC4)cc3)ncc2C#N)C[C@@H]1CO. The van der Waals surface area contributed by atoms with Crippen LogP contribution in [0.4, 0.5) is 11.8 Å². The average Bonchev–Trinajstić information content (AvgIpc) is 3.33. The molecule has 0 unspecified atom stereocenters. The number of anilines is 2. The Balaban J connectivity index is 1.27. The number of aromatic nitrogens is 2. The molecule has 4 rings (SSSR count). The minimum atomic E-state index is 0.0837. The first-order chi connectivity index (χ1) is 16.0. The van der Waals surface area contributed by atoms with E-state index >= 15 is 0 Å². The quantitative estimate of drug-likeness (QED) is 0.494. The van der Waals surface area contributed by atoms with E-state index in [0.29, 0.717) is 41.8 Å². The molecule has 0 bridgehead atoms. The molecule has 176 valence electrons. The van der Waals surface area contributed by atoms with Crippen molar-refractivity contribution in [1.82, 2.24) is 9.97 Å². The zero-order valence-corrected chi connectivity index (χ0v) is 19.7. The van der Waals surface area contributed by atoms with Crippen LogP contribution in [0.25, 0.3) is 0 Å². The van der Waals surface area contributed by atoms with Gasteiger partial charge in [0.15, 0.2) is 0 Å². The molecular weight excluding hydrogens is 414 g/mol. The molecule has 0 amide bonds. The lowest BCUT2D eigenvalue weighted by molar-refractivity contribution is -0.0442. The zero-order chi connectivity index (χ0) is 23.3. The smallest absolute Gasteiger partial charge is 0.224 e. The fourth-order valence-corrected chi connectivity index (χ4v) is 4.94. The summed E-state index contributed by atoms with van der Waals surface area (Å²) in [6.45, 7) is 6.03. The normalized spacial score (nSPS) is 21.8. The van der Waals surface area contributed by atoms with Gasteiger partial charge in [0.1, 0.15) is 23.2 Å². The van der Waals surface area contributed by atoms with Crippen molar-refractivity contribution in [2.75, 3.05) is 30.3 Å². The number of nitriles is 1. The Morgan fingerprint density at radius 2 is 1.91 bits per heavy atom. The number of benzene rings is 1. The van der Waals surface area contributed by atoms with Gasteiger partial charge in [-0.05, 0) is 73.5 Å². The predicted molar refractivity (Wildman–Crippen MR) is 129 cm³/mol. The molecule has 0 saturated heterocycles. The van der Waals surface area contributed by atoms with E-state index in [4.69, 9.17) is 4.74 Å². The van der Waals surface area contributed by atoms with Gasteiger partial charge in [0.2, 0.25) is 5.95 Å². The number of aliphatic hydroxyl groups excluding tert-OH is 1. The van der Waals surface area contributed by atoms with Crippen LogP contribution in [0, 0.1) is 28.6 Å². The highest BCUT2D eigenvalue weighted by Gasteiger charge is 2.47. The number of rotatable bonds is 10. The van der Waals surface area contributed by atoms with E-state index < -0.39 is 0 Å². The van der Waals surface area contributed by atoms with Crippen LogP contribution in [0.5, 0.6) is 5.75 Å². The molecule has 0 radical (unpaired) electrons. The first-order valence-electron chi connectivity index (χ1n) is 12.1. The summed E-state index contributed by atoms with van der Waals surface area (Å²) in [4.78, 5) is 8.83. The molecular formula is C26H35N5O2. The number of hydrogen-bond acceptors (Lipinski definition) is 7. The molecule has 3 N–H and O–H groups in total. The minimum Gasteiger partial charge on any atom is -0.490 e. The maximum absolute atomic E-state index is 9.48. The molecule has 2 saturated carbocycles. The molecule has 1 heterocycles. The molecule has 2 fully saturated rings. The first kappa shape index (κ1) is 23.3. The molecule has 2 atom stereocenters. The number of nitrogens with zero attached hydrogens (tertiary/aromatic N) is 3. The summed E-state index contributed by atoms with van der Waals surface area (Å²) in [6.07, 6.45) is 8.63. The summed E-state index contributed by atoms with van der Waals surface area (Å²) in [5, 5.41) is 25.5. The van der Waals surface area contributed by atoms with Gasteiger partial charge in [-0.15, -0.1) is 0 Å². The van der Waals surface area contributed by atoms with Gasteiger partial charge in [0.05, 0.1) is 12.3 Å². The third-order valence-corrected chi connectivity index (χ3v) is 7.54. The number of hydrogen-bond donors (Lipinski definition) is 3. The Morgan fingerprint density at radius 3 is 2.58 bits per heavy atom. The average molecular weight is 450 g/mol. The molecule has 0 aliphatic heterocycles. The fourth-order valence-electron chi connectivity index (χ4n) is 4.94. The van der Waals surface area contributed by atoms with Crippen LogP contribution < -0.4 is 15.4 Å². The standard InChI is InChI=1S/C26H35N5O2/c1-26(2)20(13-21(26)17-32)16-29-24-19(14-27)15-30-25(31-24)28-12-11-18-7-9-23(10-8-18)33-22-5-3-4-6-22/h7-10,15,20-22,32H,3-6,11-13,16-17H2,1-2H3,(H2,28,29,30,31)/t20-,21+/m0/s1. The van der Waals surface area contributed by atoms with E-state index in [1.54, 1.807) is 6.20 Å². The van der Waals surface area contributed by atoms with Gasteiger partial charge < -0.3 is 20.5 Å². The van der Waals surface area contributed by atoms with E-state index in [1.807, 2.05) is 0 Å². The van der Waals surface area contributed by atoms with Crippen molar-refractivity contribution in [2.45, 2.75) is 58.5 Å². The lowest BCUT2D eigenvalue weighted by atomic mass is 9.55. The van der Waals surface area contributed by atoms with E-state index in [9.17, 15) is 10.4 Å². The van der Waals surface area contributed by atoms with Gasteiger partial charge in [-0.25, -0.2) is 4.98 Å². The maximum Gasteiger partial charge on any atom is 0.224 e. The third-order valence-electron chi connectivity index (χ3n) is 7.54. The van der Waals surface area contributed by atoms with Crippen LogP contribution in [0.2, 0.25) is 0 Å². The number of ether oxygens (including phenoxy) is 1. The van der Waals surface area contributed by atoms with E-state index in [1.165, 1.54) is 18.4 Å². The minimum absolute atomic E-state index is 0.0837. The molecule has 2 aromatic rings. The Bertz CT molecular complexity index is 964. The lowest BCUT2D eigenvalue weighted by Crippen LogP contribution is -2.49. The summed E-state index contributed by atoms with van der Waals surface area (Å²) in [7, 11) is 0. The molecule has 2 aliphatic rings. The van der Waals surface area contributed by atoms with Crippen LogP contribution >= 0.6 is 0 Å². The van der Waals surface area contributed by atoms with Gasteiger partial charge in [0.25, 0.3) is 0 Å². The van der Waals surface area contributed by atoms with Gasteiger partial charge in [0, 0.05) is 19.7 Å². The first-order valence-corrected chi connectivity index (χ1v) is 12.1. The highest BCUT2D eigenvalue weighted by atomic mass is 16.5. The van der Waals surface area contributed by atoms with Crippen LogP contribution in [0.1, 0.15) is 57.1 Å². The molecule has 0 spiro atoms. The highest BCUT2D eigenvalue weighted by molar-refractivity contribution is 5.53. The lowest BCUT2D eigenvalue weighted by Gasteiger charge is -2.51. The highest BCUT2D eigenvalue weighted by Crippen LogP contribution is 2.50. The molecule has 7 nitrogen and oxygen atoms in total. The van der Waals surface area contributed by atoms with Crippen molar-refractivity contribution in [1.29, 1.82) is 5.26 Å². The molecule has 7 heteroatoms. The van der Waals surface area contributed by atoms with Crippen LogP contribution in [-0.2, 0) is 6.42 Å². The van der Waals surface area contributed by atoms with Crippen LogP contribution in [-0.4, -0.2) is 40.9 Å². The fraction of sp³-hybridized carbons (Fsp3) is 0.577. The molecule has 1 aromatic carbocycles. The summed E-state index contributed by atoms with van der Waals surface area (Å²) < 4.78 is 6.03. The van der Waals surface area contributed by atoms with Crippen molar-refractivity contribution < 1.29 is 9.84 Å². The van der Waals surface area contributed by atoms with Gasteiger partial charge in [-0.2, -0.15) is 10.2 Å². The van der Waals surface area contributed by atoms with Crippen molar-refractivity contribution in [3.63, 3.8) is 0 Å². The topological polar surface area (TPSA) is 103 Å². The van der Waals surface area contributed by atoms with E-state index in [2.05, 4.69) is 64.8 Å². The number of nitrogens with one attached hydrogen (secondary N) is 2. The summed E-state index contributed by atoms with van der Waals surface area (Å²) >= 11 is 0. The largest absolute Gasteiger partial charge is 0.490 e.